The van der Waals surface area contributed by atoms with Crippen LogP contribution >= 0.6 is 0 Å². The fourth-order valence-corrected chi connectivity index (χ4v) is 2.82. The number of allylic oxidation sites excluding steroid dienone is 2. The number of halogens is 2. The van der Waals surface area contributed by atoms with Crippen LogP contribution in [0, 0.1) is 32.1 Å². The number of nitriles is 1. The summed E-state index contributed by atoms with van der Waals surface area (Å²) in [6.45, 7) is 8.03. The number of nitrogens with two attached hydrogens (primary N) is 1. The Morgan fingerprint density at radius 2 is 1.63 bits per heavy atom. The number of rotatable bonds is 5. The minimum Gasteiger partial charge on any atom is -0.323 e. The lowest BCUT2D eigenvalue weighted by atomic mass is 9.94. The monoisotopic (exact) mass is 484 g/mol. The molecule has 3 rings (SSSR count). The van der Waals surface area contributed by atoms with Crippen molar-refractivity contribution in [2.24, 2.45) is 5.73 Å². The molecule has 0 fully saturated rings. The van der Waals surface area contributed by atoms with E-state index in [0.29, 0.717) is 17.7 Å². The standard InChI is InChI=1S/C21H19N5.C4H9F2N.H2O2/c1-14-4-5-20(25-9-14)18(7-17-11-23-13-24-12-17)19(8-22)21-16(3)6-15(2)10-26-21;1-3(7)4(2,5)6;1-2/h4-6,9-13H,7H2,1-3H3;3H,7H2,1-2H3;1-2H/b19-18+;;. The first-order valence-electron chi connectivity index (χ1n) is 10.6. The van der Waals surface area contributed by atoms with Gasteiger partial charge in [0, 0.05) is 43.7 Å². The highest BCUT2D eigenvalue weighted by Gasteiger charge is 2.26. The molecule has 186 valence electrons. The first kappa shape index (κ1) is 29.4. The number of hydrogen-bond acceptors (Lipinski definition) is 8. The van der Waals surface area contributed by atoms with Gasteiger partial charge in [-0.15, -0.1) is 0 Å². The number of nitrogens with zero attached hydrogens (tertiary/aromatic N) is 5. The molecule has 10 heteroatoms. The molecule has 0 saturated carbocycles. The van der Waals surface area contributed by atoms with Crippen LogP contribution in [-0.4, -0.2) is 42.4 Å². The van der Waals surface area contributed by atoms with E-state index in [1.807, 2.05) is 39.0 Å². The number of aromatic nitrogens is 4. The van der Waals surface area contributed by atoms with E-state index in [1.165, 1.54) is 13.3 Å². The molecule has 1 unspecified atom stereocenters. The Balaban J connectivity index is 0.000000587. The number of hydrogen-bond donors (Lipinski definition) is 3. The Hall–Kier alpha value is -3.65. The van der Waals surface area contributed by atoms with Crippen molar-refractivity contribution in [3.05, 3.63) is 83.0 Å². The van der Waals surface area contributed by atoms with Gasteiger partial charge in [-0.1, -0.05) is 12.1 Å². The lowest BCUT2D eigenvalue weighted by molar-refractivity contribution is -0.176. The van der Waals surface area contributed by atoms with Crippen LogP contribution in [0.4, 0.5) is 8.78 Å². The molecule has 0 bridgehead atoms. The summed E-state index contributed by atoms with van der Waals surface area (Å²) < 4.78 is 23.4. The highest BCUT2D eigenvalue weighted by molar-refractivity contribution is 5.96. The molecule has 35 heavy (non-hydrogen) atoms. The molecule has 0 radical (unpaired) electrons. The zero-order valence-electron chi connectivity index (χ0n) is 20.4. The molecule has 0 aromatic carbocycles. The number of aryl methyl sites for hydroxylation is 3. The molecule has 3 aromatic rings. The molecule has 0 saturated heterocycles. The molecule has 0 aliphatic heterocycles. The van der Waals surface area contributed by atoms with Crippen LogP contribution in [0.2, 0.25) is 0 Å². The van der Waals surface area contributed by atoms with E-state index in [-0.39, 0.29) is 0 Å². The molecule has 4 N–H and O–H groups in total. The maximum atomic E-state index is 11.7. The first-order valence-corrected chi connectivity index (χ1v) is 10.6. The van der Waals surface area contributed by atoms with Crippen LogP contribution in [0.25, 0.3) is 11.1 Å². The van der Waals surface area contributed by atoms with Crippen LogP contribution in [0.5, 0.6) is 0 Å². The van der Waals surface area contributed by atoms with Crippen molar-refractivity contribution in [3.8, 4) is 6.07 Å². The third-order valence-electron chi connectivity index (χ3n) is 4.88. The lowest BCUT2D eigenvalue weighted by Gasteiger charge is -2.12. The molecule has 0 spiro atoms. The van der Waals surface area contributed by atoms with Crippen LogP contribution in [0.15, 0.2) is 49.3 Å². The minimum atomic E-state index is -2.72. The summed E-state index contributed by atoms with van der Waals surface area (Å²) in [7, 11) is 0. The van der Waals surface area contributed by atoms with Crippen LogP contribution < -0.4 is 5.73 Å². The molecular weight excluding hydrogens is 454 g/mol. The van der Waals surface area contributed by atoms with Crippen molar-refractivity contribution in [3.63, 3.8) is 0 Å². The zero-order valence-corrected chi connectivity index (χ0v) is 20.4. The summed E-state index contributed by atoms with van der Waals surface area (Å²) in [5.74, 6) is -2.72. The highest BCUT2D eigenvalue weighted by Crippen LogP contribution is 2.29. The molecule has 8 nitrogen and oxygen atoms in total. The molecule has 0 amide bonds. The Kier molecular flexibility index (Phi) is 11.7. The van der Waals surface area contributed by atoms with E-state index in [2.05, 4.69) is 26.0 Å². The summed E-state index contributed by atoms with van der Waals surface area (Å²) in [6, 6.07) is 7.28. The second-order valence-electron chi connectivity index (χ2n) is 8.03. The van der Waals surface area contributed by atoms with Gasteiger partial charge in [-0.2, -0.15) is 5.26 Å². The lowest BCUT2D eigenvalue weighted by Crippen LogP contribution is -2.34. The van der Waals surface area contributed by atoms with E-state index in [0.717, 1.165) is 40.4 Å². The summed E-state index contributed by atoms with van der Waals surface area (Å²) >= 11 is 0. The van der Waals surface area contributed by atoms with Crippen LogP contribution in [-0.2, 0) is 6.42 Å². The summed E-state index contributed by atoms with van der Waals surface area (Å²) in [5.41, 5.74) is 11.6. The van der Waals surface area contributed by atoms with Gasteiger partial charge in [0.1, 0.15) is 12.4 Å². The van der Waals surface area contributed by atoms with E-state index < -0.39 is 12.0 Å². The van der Waals surface area contributed by atoms with Crippen LogP contribution in [0.3, 0.4) is 0 Å². The SMILES string of the molecule is CC(N)C(C)(F)F.Cc1ccc(/C(Cc2cncnc2)=C(\C#N)c2ncc(C)cc2C)nc1.OO. The highest BCUT2D eigenvalue weighted by atomic mass is 19.3. The molecule has 0 aliphatic rings. The largest absolute Gasteiger partial charge is 0.323 e. The van der Waals surface area contributed by atoms with Crippen molar-refractivity contribution in [1.82, 2.24) is 19.9 Å². The van der Waals surface area contributed by atoms with Gasteiger partial charge >= 0.3 is 0 Å². The molecule has 0 aliphatic carbocycles. The number of pyridine rings is 2. The van der Waals surface area contributed by atoms with E-state index >= 15 is 0 Å². The summed E-state index contributed by atoms with van der Waals surface area (Å²) in [6.07, 6.45) is 9.10. The molecular formula is C25H30F2N6O2. The maximum absolute atomic E-state index is 11.7. The van der Waals surface area contributed by atoms with Gasteiger partial charge in [0.25, 0.3) is 5.92 Å². The van der Waals surface area contributed by atoms with Crippen molar-refractivity contribution in [1.29, 1.82) is 5.26 Å². The molecule has 3 heterocycles. The quantitative estimate of drug-likeness (QED) is 0.264. The Morgan fingerprint density at radius 1 is 1.06 bits per heavy atom. The van der Waals surface area contributed by atoms with Gasteiger partial charge < -0.3 is 5.73 Å². The van der Waals surface area contributed by atoms with Gasteiger partial charge in [-0.3, -0.25) is 20.5 Å². The zero-order chi connectivity index (χ0) is 26.6. The third kappa shape index (κ3) is 9.25. The summed E-state index contributed by atoms with van der Waals surface area (Å²) in [4.78, 5) is 17.2. The Morgan fingerprint density at radius 3 is 2.09 bits per heavy atom. The van der Waals surface area contributed by atoms with Crippen molar-refractivity contribution >= 4 is 11.1 Å². The third-order valence-corrected chi connectivity index (χ3v) is 4.88. The van der Waals surface area contributed by atoms with Gasteiger partial charge in [-0.25, -0.2) is 18.7 Å². The smallest absolute Gasteiger partial charge is 0.259 e. The predicted octanol–water partition coefficient (Wildman–Crippen LogP) is 4.88. The van der Waals surface area contributed by atoms with Gasteiger partial charge in [0.2, 0.25) is 0 Å². The van der Waals surface area contributed by atoms with Crippen molar-refractivity contribution in [2.75, 3.05) is 0 Å². The minimum absolute atomic E-state index is 0.509. The van der Waals surface area contributed by atoms with E-state index in [1.54, 1.807) is 24.8 Å². The van der Waals surface area contributed by atoms with E-state index in [4.69, 9.17) is 16.2 Å². The Bertz CT molecular complexity index is 1140. The van der Waals surface area contributed by atoms with Gasteiger partial charge in [0.15, 0.2) is 0 Å². The predicted molar refractivity (Wildman–Crippen MR) is 130 cm³/mol. The second kappa shape index (κ2) is 13.9. The second-order valence-corrected chi connectivity index (χ2v) is 8.03. The van der Waals surface area contributed by atoms with Crippen molar-refractivity contribution < 1.29 is 19.3 Å². The molecule has 3 aromatic heterocycles. The Labute approximate surface area is 203 Å². The first-order chi connectivity index (χ1) is 16.5. The fourth-order valence-electron chi connectivity index (χ4n) is 2.82. The number of alkyl halides is 2. The topological polar surface area (TPSA) is 142 Å². The van der Waals surface area contributed by atoms with Gasteiger partial charge in [-0.05, 0) is 56.0 Å². The van der Waals surface area contributed by atoms with Crippen LogP contribution in [0.1, 0.15) is 47.5 Å². The van der Waals surface area contributed by atoms with Crippen molar-refractivity contribution in [2.45, 2.75) is 53.0 Å². The average Bonchev–Trinajstić information content (AvgIpc) is 2.82. The normalized spacial score (nSPS) is 12.1. The fraction of sp³-hybridized carbons (Fsp3) is 0.320. The van der Waals surface area contributed by atoms with E-state index in [9.17, 15) is 14.0 Å². The van der Waals surface area contributed by atoms with Gasteiger partial charge in [0.05, 0.1) is 23.0 Å². The average molecular weight is 485 g/mol. The maximum Gasteiger partial charge on any atom is 0.259 e. The molecule has 1 atom stereocenters. The summed E-state index contributed by atoms with van der Waals surface area (Å²) in [5, 5.41) is 21.9.